The lowest BCUT2D eigenvalue weighted by Crippen LogP contribution is -2.33. The maximum Gasteiger partial charge on any atom is 0.416 e. The summed E-state index contributed by atoms with van der Waals surface area (Å²) in [6.45, 7) is 0.517. The van der Waals surface area contributed by atoms with Crippen molar-refractivity contribution in [1.29, 1.82) is 0 Å². The number of carbonyl (C=O) groups is 1. The van der Waals surface area contributed by atoms with Gasteiger partial charge in [-0.05, 0) is 12.1 Å². The van der Waals surface area contributed by atoms with Gasteiger partial charge >= 0.3 is 6.18 Å². The van der Waals surface area contributed by atoms with Crippen LogP contribution < -0.4 is 15.6 Å². The van der Waals surface area contributed by atoms with Gasteiger partial charge in [0.05, 0.1) is 24.4 Å². The fraction of sp³-hybridized carbons (Fsp3) is 0.200. The predicted molar refractivity (Wildman–Crippen MR) is 101 cm³/mol. The number of nitrogens with zero attached hydrogens (tertiary/aromatic N) is 2. The topological polar surface area (TPSA) is 97.0 Å². The Balaban J connectivity index is 0.000000216. The molecular weight excluding hydrogens is 401 g/mol. The van der Waals surface area contributed by atoms with Crippen LogP contribution in [0.2, 0.25) is 0 Å². The maximum absolute atomic E-state index is 12.1. The van der Waals surface area contributed by atoms with Gasteiger partial charge in [-0.15, -0.1) is 0 Å². The molecule has 1 unspecified atom stereocenters. The van der Waals surface area contributed by atoms with E-state index in [1.807, 2.05) is 6.07 Å². The van der Waals surface area contributed by atoms with Crippen LogP contribution in [-0.4, -0.2) is 27.5 Å². The van der Waals surface area contributed by atoms with Crippen molar-refractivity contribution in [2.45, 2.75) is 18.6 Å². The van der Waals surface area contributed by atoms with Gasteiger partial charge < -0.3 is 15.0 Å². The highest BCUT2D eigenvalue weighted by Gasteiger charge is 2.29. The molecular formula is C20H17F3N4O3. The second-order valence-corrected chi connectivity index (χ2v) is 6.21. The quantitative estimate of drug-likeness (QED) is 0.667. The Morgan fingerprint density at radius 2 is 1.90 bits per heavy atom. The zero-order chi connectivity index (χ0) is 21.6. The van der Waals surface area contributed by atoms with Gasteiger partial charge in [0.15, 0.2) is 0 Å². The van der Waals surface area contributed by atoms with Crippen LogP contribution in [0.1, 0.15) is 34.2 Å². The van der Waals surface area contributed by atoms with Gasteiger partial charge in [-0.25, -0.2) is 4.98 Å². The minimum Gasteiger partial charge on any atom is -0.491 e. The molecule has 30 heavy (non-hydrogen) atoms. The number of H-pyrrole nitrogens is 1. The first-order valence-electron chi connectivity index (χ1n) is 8.90. The van der Waals surface area contributed by atoms with E-state index in [9.17, 15) is 22.8 Å². The molecule has 10 heteroatoms. The van der Waals surface area contributed by atoms with Gasteiger partial charge in [-0.3, -0.25) is 14.6 Å². The number of halogens is 3. The molecule has 0 spiro atoms. The molecule has 2 aromatic heterocycles. The lowest BCUT2D eigenvalue weighted by Gasteiger charge is -2.25. The number of alkyl halides is 3. The minimum atomic E-state index is -4.21. The van der Waals surface area contributed by atoms with Gasteiger partial charge in [0.2, 0.25) is 0 Å². The predicted octanol–water partition coefficient (Wildman–Crippen LogP) is 3.12. The number of aromatic nitrogens is 3. The van der Waals surface area contributed by atoms with Crippen LogP contribution in [0.15, 0.2) is 65.8 Å². The van der Waals surface area contributed by atoms with E-state index >= 15 is 0 Å². The molecule has 4 rings (SSSR count). The number of pyridine rings is 1. The highest BCUT2D eigenvalue weighted by molar-refractivity contribution is 5.92. The van der Waals surface area contributed by atoms with E-state index in [0.717, 1.165) is 18.3 Å². The van der Waals surface area contributed by atoms with Crippen LogP contribution in [-0.2, 0) is 6.18 Å². The number of carbonyl (C=O) groups excluding carboxylic acids is 1. The minimum absolute atomic E-state index is 0.161. The van der Waals surface area contributed by atoms with Gasteiger partial charge in [0, 0.05) is 18.8 Å². The summed E-state index contributed by atoms with van der Waals surface area (Å²) in [4.78, 5) is 33.4. The Morgan fingerprint density at radius 1 is 1.13 bits per heavy atom. The molecule has 156 valence electrons. The highest BCUT2D eigenvalue weighted by Crippen LogP contribution is 2.30. The molecule has 0 fully saturated rings. The van der Waals surface area contributed by atoms with E-state index in [1.54, 1.807) is 18.3 Å². The molecule has 0 bridgehead atoms. The van der Waals surface area contributed by atoms with Crippen LogP contribution in [0.25, 0.3) is 0 Å². The molecule has 2 N–H and O–H groups in total. The second-order valence-electron chi connectivity index (χ2n) is 6.21. The van der Waals surface area contributed by atoms with Crippen molar-refractivity contribution in [3.05, 3.63) is 88.4 Å². The molecule has 1 atom stereocenters. The fourth-order valence-electron chi connectivity index (χ4n) is 2.68. The Hall–Kier alpha value is -3.69. The number of ether oxygens (including phenoxy) is 1. The van der Waals surface area contributed by atoms with E-state index < -0.39 is 11.7 Å². The zero-order valence-electron chi connectivity index (χ0n) is 15.5. The van der Waals surface area contributed by atoms with Crippen molar-refractivity contribution in [2.24, 2.45) is 0 Å². The lowest BCUT2D eigenvalue weighted by atomic mass is 10.1. The third-order valence-corrected chi connectivity index (χ3v) is 4.11. The summed E-state index contributed by atoms with van der Waals surface area (Å²) in [7, 11) is 0. The van der Waals surface area contributed by atoms with Crippen LogP contribution in [0, 0.1) is 0 Å². The van der Waals surface area contributed by atoms with Crippen LogP contribution in [0.4, 0.5) is 13.2 Å². The molecule has 7 nitrogen and oxygen atoms in total. The normalized spacial score (nSPS) is 15.1. The fourth-order valence-corrected chi connectivity index (χ4v) is 2.68. The van der Waals surface area contributed by atoms with E-state index in [0.29, 0.717) is 24.5 Å². The van der Waals surface area contributed by atoms with E-state index in [4.69, 9.17) is 4.74 Å². The van der Waals surface area contributed by atoms with E-state index in [1.165, 1.54) is 18.3 Å². The third kappa shape index (κ3) is 5.43. The van der Waals surface area contributed by atoms with Gasteiger partial charge in [-0.1, -0.05) is 30.3 Å². The smallest absolute Gasteiger partial charge is 0.416 e. The largest absolute Gasteiger partial charge is 0.491 e. The maximum atomic E-state index is 12.1. The molecule has 3 aromatic rings. The van der Waals surface area contributed by atoms with Crippen molar-refractivity contribution >= 4 is 5.91 Å². The van der Waals surface area contributed by atoms with Gasteiger partial charge in [0.25, 0.3) is 11.5 Å². The number of fused-ring (bicyclic) bond motifs is 1. The van der Waals surface area contributed by atoms with Gasteiger partial charge in [-0.2, -0.15) is 13.2 Å². The molecule has 1 aromatic carbocycles. The number of amides is 1. The Kier molecular flexibility index (Phi) is 6.45. The summed E-state index contributed by atoms with van der Waals surface area (Å²) in [5.41, 5.74) is -0.0836. The first kappa shape index (κ1) is 21.0. The van der Waals surface area contributed by atoms with Crippen LogP contribution in [0.5, 0.6) is 5.75 Å². The van der Waals surface area contributed by atoms with E-state index in [2.05, 4.69) is 20.3 Å². The number of hydrogen-bond acceptors (Lipinski definition) is 5. The monoisotopic (exact) mass is 418 g/mol. The number of hydrogen-bond donors (Lipinski definition) is 2. The molecule has 1 aliphatic rings. The van der Waals surface area contributed by atoms with Crippen LogP contribution >= 0.6 is 0 Å². The average Bonchev–Trinajstić information content (AvgIpc) is 2.75. The molecule has 1 aliphatic heterocycles. The summed E-state index contributed by atoms with van der Waals surface area (Å²) in [6, 6.07) is 9.74. The standard InChI is InChI=1S/C13H12N4O3.C7H5F3/c18-11-7-15-9(6-16-11)13(19)17-8-3-5-20-10-2-1-4-14-12(8)10;8-7(9,10)6-4-2-1-3-5-6/h1-2,4,6-8H,3,5H2,(H,16,18)(H,17,19);1-5H. The SMILES string of the molecule is FC(F)(F)c1ccccc1.O=C(NC1CCOc2cccnc21)c1c[nH]c(=O)cn1. The summed E-state index contributed by atoms with van der Waals surface area (Å²) in [5.74, 6) is 0.322. The number of benzene rings is 1. The molecule has 0 saturated carbocycles. The molecule has 1 amide bonds. The highest BCUT2D eigenvalue weighted by atomic mass is 19.4. The van der Waals surface area contributed by atoms with Crippen molar-refractivity contribution in [1.82, 2.24) is 20.3 Å². The summed E-state index contributed by atoms with van der Waals surface area (Å²) < 4.78 is 40.8. The summed E-state index contributed by atoms with van der Waals surface area (Å²) in [5, 5.41) is 2.84. The van der Waals surface area contributed by atoms with Crippen molar-refractivity contribution < 1.29 is 22.7 Å². The molecule has 3 heterocycles. The second kappa shape index (κ2) is 9.21. The van der Waals surface area contributed by atoms with Gasteiger partial charge in [0.1, 0.15) is 17.1 Å². The first-order valence-corrected chi connectivity index (χ1v) is 8.90. The first-order chi connectivity index (χ1) is 14.3. The summed E-state index contributed by atoms with van der Waals surface area (Å²) in [6.07, 6.45) is 0.451. The van der Waals surface area contributed by atoms with E-state index in [-0.39, 0.29) is 23.2 Å². The molecule has 0 radical (unpaired) electrons. The number of aromatic amines is 1. The van der Waals surface area contributed by atoms with Crippen LogP contribution in [0.3, 0.4) is 0 Å². The molecule has 0 saturated heterocycles. The number of nitrogens with one attached hydrogen (secondary N) is 2. The van der Waals surface area contributed by atoms with Crippen molar-refractivity contribution in [2.75, 3.05) is 6.61 Å². The molecule has 0 aliphatic carbocycles. The third-order valence-electron chi connectivity index (χ3n) is 4.11. The Bertz CT molecular complexity index is 1030. The lowest BCUT2D eigenvalue weighted by molar-refractivity contribution is -0.137. The van der Waals surface area contributed by atoms with Crippen molar-refractivity contribution in [3.8, 4) is 5.75 Å². The van der Waals surface area contributed by atoms with Crippen molar-refractivity contribution in [3.63, 3.8) is 0 Å². The Labute approximate surface area is 169 Å². The average molecular weight is 418 g/mol. The summed E-state index contributed by atoms with van der Waals surface area (Å²) >= 11 is 0. The number of rotatable bonds is 2. The Morgan fingerprint density at radius 3 is 2.53 bits per heavy atom. The zero-order valence-corrected chi connectivity index (χ0v) is 15.5.